The van der Waals surface area contributed by atoms with E-state index in [0.29, 0.717) is 23.7 Å². The summed E-state index contributed by atoms with van der Waals surface area (Å²) in [5.41, 5.74) is 0.813. The molecule has 6 heteroatoms. The largest absolute Gasteiger partial charge is 0.508 e. The standard InChI is InChI=1S/C11H13N3O2S/c1-16-6-5-14-10(12-13-11(14)17)8-3-2-4-9(15)7-8/h2-4,7,15H,5-6H2,1H3,(H,13,17). The number of benzene rings is 1. The zero-order valence-corrected chi connectivity index (χ0v) is 10.2. The van der Waals surface area contributed by atoms with E-state index in [1.165, 1.54) is 0 Å². The summed E-state index contributed by atoms with van der Waals surface area (Å²) in [4.78, 5) is 0. The number of nitrogens with one attached hydrogen (secondary N) is 1. The van der Waals surface area contributed by atoms with Crippen molar-refractivity contribution in [2.45, 2.75) is 6.54 Å². The first-order chi connectivity index (χ1) is 8.22. The van der Waals surface area contributed by atoms with E-state index in [-0.39, 0.29) is 5.75 Å². The van der Waals surface area contributed by atoms with Crippen LogP contribution in [0.4, 0.5) is 0 Å². The summed E-state index contributed by atoms with van der Waals surface area (Å²) in [5, 5.41) is 16.4. The molecule has 2 aromatic rings. The Morgan fingerprint density at radius 2 is 2.35 bits per heavy atom. The molecule has 0 unspecified atom stereocenters. The molecule has 0 aliphatic heterocycles. The second kappa shape index (κ2) is 5.11. The van der Waals surface area contributed by atoms with Crippen LogP contribution in [0.1, 0.15) is 0 Å². The van der Waals surface area contributed by atoms with Crippen molar-refractivity contribution >= 4 is 12.2 Å². The van der Waals surface area contributed by atoms with Gasteiger partial charge in [0.05, 0.1) is 13.2 Å². The summed E-state index contributed by atoms with van der Waals surface area (Å²) < 4.78 is 7.41. The molecule has 0 aliphatic rings. The predicted molar refractivity (Wildman–Crippen MR) is 66.4 cm³/mol. The zero-order valence-electron chi connectivity index (χ0n) is 9.38. The predicted octanol–water partition coefficient (Wildman–Crippen LogP) is 1.96. The number of phenolic OH excluding ortho intramolecular Hbond substituents is 1. The normalized spacial score (nSPS) is 10.6. The van der Waals surface area contributed by atoms with Crippen LogP contribution < -0.4 is 0 Å². The van der Waals surface area contributed by atoms with Crippen molar-refractivity contribution in [1.29, 1.82) is 0 Å². The molecule has 0 aliphatic carbocycles. The Labute approximate surface area is 104 Å². The van der Waals surface area contributed by atoms with Gasteiger partial charge in [0.1, 0.15) is 5.75 Å². The van der Waals surface area contributed by atoms with Gasteiger partial charge in [-0.3, -0.25) is 9.67 Å². The topological polar surface area (TPSA) is 63.1 Å². The van der Waals surface area contributed by atoms with Gasteiger partial charge in [0.2, 0.25) is 0 Å². The number of aromatic hydroxyl groups is 1. The van der Waals surface area contributed by atoms with Gasteiger partial charge in [0, 0.05) is 12.7 Å². The van der Waals surface area contributed by atoms with Gasteiger partial charge in [-0.25, -0.2) is 0 Å². The van der Waals surface area contributed by atoms with Crippen LogP contribution in [0.3, 0.4) is 0 Å². The average Bonchev–Trinajstić information content (AvgIpc) is 2.68. The fraction of sp³-hybridized carbons (Fsp3) is 0.273. The number of hydrogen-bond acceptors (Lipinski definition) is 4. The average molecular weight is 251 g/mol. The Morgan fingerprint density at radius 3 is 3.06 bits per heavy atom. The summed E-state index contributed by atoms with van der Waals surface area (Å²) in [5.74, 6) is 0.901. The lowest BCUT2D eigenvalue weighted by molar-refractivity contribution is 0.187. The molecule has 1 aromatic carbocycles. The minimum atomic E-state index is 0.203. The van der Waals surface area contributed by atoms with Crippen LogP contribution in [0, 0.1) is 4.77 Å². The lowest BCUT2D eigenvalue weighted by atomic mass is 10.2. The molecule has 0 amide bonds. The molecule has 2 N–H and O–H groups in total. The van der Waals surface area contributed by atoms with Crippen molar-refractivity contribution in [2.75, 3.05) is 13.7 Å². The van der Waals surface area contributed by atoms with Gasteiger partial charge in [-0.15, -0.1) is 0 Å². The summed E-state index contributed by atoms with van der Waals surface area (Å²) in [6.07, 6.45) is 0. The Hall–Kier alpha value is -1.66. The lowest BCUT2D eigenvalue weighted by Gasteiger charge is -2.06. The Kier molecular flexibility index (Phi) is 3.55. The summed E-state index contributed by atoms with van der Waals surface area (Å²) in [6, 6.07) is 6.90. The van der Waals surface area contributed by atoms with Crippen molar-refractivity contribution in [1.82, 2.24) is 14.8 Å². The molecule has 0 fully saturated rings. The Balaban J connectivity index is 2.42. The zero-order chi connectivity index (χ0) is 12.3. The fourth-order valence-corrected chi connectivity index (χ4v) is 1.80. The number of methoxy groups -OCH3 is 1. The van der Waals surface area contributed by atoms with Gasteiger partial charge in [0.25, 0.3) is 0 Å². The summed E-state index contributed by atoms with van der Waals surface area (Å²) in [6.45, 7) is 1.18. The summed E-state index contributed by atoms with van der Waals surface area (Å²) >= 11 is 5.15. The van der Waals surface area contributed by atoms with Gasteiger partial charge in [0.15, 0.2) is 10.6 Å². The number of aromatic amines is 1. The highest BCUT2D eigenvalue weighted by Gasteiger charge is 2.08. The first-order valence-electron chi connectivity index (χ1n) is 5.16. The highest BCUT2D eigenvalue weighted by atomic mass is 32.1. The molecular weight excluding hydrogens is 238 g/mol. The monoisotopic (exact) mass is 251 g/mol. The van der Waals surface area contributed by atoms with Gasteiger partial charge in [-0.1, -0.05) is 12.1 Å². The van der Waals surface area contributed by atoms with Crippen LogP contribution in [0.2, 0.25) is 0 Å². The number of rotatable bonds is 4. The van der Waals surface area contributed by atoms with Crippen LogP contribution in [0.25, 0.3) is 11.4 Å². The van der Waals surface area contributed by atoms with Crippen molar-refractivity contribution in [2.24, 2.45) is 0 Å². The molecule has 1 aromatic heterocycles. The second-order valence-electron chi connectivity index (χ2n) is 3.55. The van der Waals surface area contributed by atoms with Crippen LogP contribution >= 0.6 is 12.2 Å². The molecule has 5 nitrogen and oxygen atoms in total. The molecule has 17 heavy (non-hydrogen) atoms. The third-order valence-electron chi connectivity index (χ3n) is 2.38. The van der Waals surface area contributed by atoms with Gasteiger partial charge < -0.3 is 9.84 Å². The maximum atomic E-state index is 9.45. The molecule has 0 bridgehead atoms. The van der Waals surface area contributed by atoms with Crippen LogP contribution in [-0.4, -0.2) is 33.6 Å². The van der Waals surface area contributed by atoms with E-state index in [1.807, 2.05) is 10.6 Å². The summed E-state index contributed by atoms with van der Waals surface area (Å²) in [7, 11) is 1.64. The molecule has 0 saturated heterocycles. The molecule has 0 spiro atoms. The number of hydrogen-bond donors (Lipinski definition) is 2. The van der Waals surface area contributed by atoms with Gasteiger partial charge in [-0.05, 0) is 24.4 Å². The first-order valence-corrected chi connectivity index (χ1v) is 5.56. The fourth-order valence-electron chi connectivity index (χ4n) is 1.57. The van der Waals surface area contributed by atoms with E-state index in [4.69, 9.17) is 17.0 Å². The van der Waals surface area contributed by atoms with Gasteiger partial charge in [-0.2, -0.15) is 5.10 Å². The minimum Gasteiger partial charge on any atom is -0.508 e. The SMILES string of the molecule is COCCn1c(-c2cccc(O)c2)n[nH]c1=S. The molecule has 0 atom stereocenters. The van der Waals surface area contributed by atoms with Crippen molar-refractivity contribution in [3.63, 3.8) is 0 Å². The maximum Gasteiger partial charge on any atom is 0.195 e. The number of aromatic nitrogens is 3. The third kappa shape index (κ3) is 2.54. The highest BCUT2D eigenvalue weighted by molar-refractivity contribution is 7.71. The highest BCUT2D eigenvalue weighted by Crippen LogP contribution is 2.21. The maximum absolute atomic E-state index is 9.45. The van der Waals surface area contributed by atoms with Gasteiger partial charge >= 0.3 is 0 Å². The third-order valence-corrected chi connectivity index (χ3v) is 2.69. The van der Waals surface area contributed by atoms with E-state index >= 15 is 0 Å². The van der Waals surface area contributed by atoms with Crippen LogP contribution in [0.5, 0.6) is 5.75 Å². The van der Waals surface area contributed by atoms with Crippen molar-refractivity contribution < 1.29 is 9.84 Å². The number of ether oxygens (including phenoxy) is 1. The van der Waals surface area contributed by atoms with E-state index in [0.717, 1.165) is 5.56 Å². The molecule has 0 radical (unpaired) electrons. The van der Waals surface area contributed by atoms with E-state index in [9.17, 15) is 5.11 Å². The number of nitrogens with zero attached hydrogens (tertiary/aromatic N) is 2. The molecule has 0 saturated carbocycles. The molecular formula is C11H13N3O2S. The van der Waals surface area contributed by atoms with Crippen LogP contribution in [0.15, 0.2) is 24.3 Å². The van der Waals surface area contributed by atoms with E-state index in [1.54, 1.807) is 25.3 Å². The Morgan fingerprint density at radius 1 is 1.53 bits per heavy atom. The Bertz CT molecular complexity index is 562. The van der Waals surface area contributed by atoms with E-state index in [2.05, 4.69) is 10.2 Å². The van der Waals surface area contributed by atoms with E-state index < -0.39 is 0 Å². The molecule has 90 valence electrons. The number of H-pyrrole nitrogens is 1. The van der Waals surface area contributed by atoms with Crippen molar-refractivity contribution in [3.8, 4) is 17.1 Å². The first kappa shape index (κ1) is 11.8. The smallest absolute Gasteiger partial charge is 0.195 e. The molecule has 2 rings (SSSR count). The molecule has 1 heterocycles. The minimum absolute atomic E-state index is 0.203. The quantitative estimate of drug-likeness (QED) is 0.815. The van der Waals surface area contributed by atoms with Crippen LogP contribution in [-0.2, 0) is 11.3 Å². The second-order valence-corrected chi connectivity index (χ2v) is 3.93. The number of phenols is 1. The lowest BCUT2D eigenvalue weighted by Crippen LogP contribution is -2.06. The van der Waals surface area contributed by atoms with Crippen molar-refractivity contribution in [3.05, 3.63) is 29.0 Å².